The van der Waals surface area contributed by atoms with Crippen LogP contribution >= 0.6 is 0 Å². The highest BCUT2D eigenvalue weighted by atomic mass is 16.2. The largest absolute Gasteiger partial charge is 0.340 e. The van der Waals surface area contributed by atoms with Crippen LogP contribution in [0.4, 0.5) is 0 Å². The Morgan fingerprint density at radius 1 is 1.33 bits per heavy atom. The van der Waals surface area contributed by atoms with Gasteiger partial charge in [0.2, 0.25) is 11.8 Å². The van der Waals surface area contributed by atoms with E-state index in [1.165, 1.54) is 0 Å². The summed E-state index contributed by atoms with van der Waals surface area (Å²) in [5.41, 5.74) is -0.667. The normalized spacial score (nSPS) is 20.7. The first-order valence-corrected chi connectivity index (χ1v) is 5.59. The first-order valence-electron chi connectivity index (χ1n) is 5.59. The molecule has 1 heterocycles. The van der Waals surface area contributed by atoms with Crippen molar-refractivity contribution in [3.63, 3.8) is 0 Å². The van der Waals surface area contributed by atoms with Gasteiger partial charge in [0, 0.05) is 6.04 Å². The second kappa shape index (κ2) is 4.21. The summed E-state index contributed by atoms with van der Waals surface area (Å²) in [4.78, 5) is 25.4. The smallest absolute Gasteiger partial charge is 0.249 e. The SMILES string of the molecule is CCC1(CC)NC(=O)CN(C(C)C)C1=O. The number of nitrogens with zero attached hydrogens (tertiary/aromatic N) is 1. The van der Waals surface area contributed by atoms with Crippen LogP contribution in [-0.4, -0.2) is 34.8 Å². The number of nitrogens with one attached hydrogen (secondary N) is 1. The molecule has 0 bridgehead atoms. The summed E-state index contributed by atoms with van der Waals surface area (Å²) in [6.07, 6.45) is 1.30. The number of carbonyl (C=O) groups excluding carboxylic acids is 2. The first-order chi connectivity index (χ1) is 6.96. The fraction of sp³-hybridized carbons (Fsp3) is 0.818. The van der Waals surface area contributed by atoms with E-state index in [4.69, 9.17) is 0 Å². The van der Waals surface area contributed by atoms with Crippen molar-refractivity contribution in [1.29, 1.82) is 0 Å². The standard InChI is InChI=1S/C11H20N2O2/c1-5-11(6-2)10(15)13(8(3)4)7-9(14)12-11/h8H,5-7H2,1-4H3,(H,12,14). The van der Waals surface area contributed by atoms with Crippen LogP contribution in [0.15, 0.2) is 0 Å². The van der Waals surface area contributed by atoms with E-state index in [1.54, 1.807) is 4.90 Å². The minimum absolute atomic E-state index is 0.0491. The first kappa shape index (κ1) is 12.0. The van der Waals surface area contributed by atoms with E-state index in [9.17, 15) is 9.59 Å². The van der Waals surface area contributed by atoms with Crippen LogP contribution < -0.4 is 5.32 Å². The minimum Gasteiger partial charge on any atom is -0.340 e. The summed E-state index contributed by atoms with van der Waals surface area (Å²) < 4.78 is 0. The molecule has 0 aromatic heterocycles. The lowest BCUT2D eigenvalue weighted by atomic mass is 9.88. The van der Waals surface area contributed by atoms with Crippen molar-refractivity contribution in [2.45, 2.75) is 52.1 Å². The lowest BCUT2D eigenvalue weighted by Gasteiger charge is -2.42. The van der Waals surface area contributed by atoms with Crippen LogP contribution in [0.3, 0.4) is 0 Å². The number of hydrogen-bond acceptors (Lipinski definition) is 2. The molecule has 4 nitrogen and oxygen atoms in total. The third kappa shape index (κ3) is 1.98. The highest BCUT2D eigenvalue weighted by molar-refractivity contribution is 5.98. The van der Waals surface area contributed by atoms with E-state index in [0.717, 1.165) is 0 Å². The molecule has 4 heteroatoms. The maximum absolute atomic E-state index is 12.2. The molecule has 1 N–H and O–H groups in total. The van der Waals surface area contributed by atoms with Gasteiger partial charge in [-0.2, -0.15) is 0 Å². The molecule has 1 fully saturated rings. The van der Waals surface area contributed by atoms with E-state index < -0.39 is 5.54 Å². The van der Waals surface area contributed by atoms with Gasteiger partial charge >= 0.3 is 0 Å². The van der Waals surface area contributed by atoms with Gasteiger partial charge in [-0.25, -0.2) is 0 Å². The molecule has 1 aliphatic heterocycles. The highest BCUT2D eigenvalue weighted by Crippen LogP contribution is 2.23. The number of piperazine rings is 1. The van der Waals surface area contributed by atoms with Crippen molar-refractivity contribution in [1.82, 2.24) is 10.2 Å². The van der Waals surface area contributed by atoms with E-state index in [1.807, 2.05) is 27.7 Å². The Balaban J connectivity index is 2.99. The maximum Gasteiger partial charge on any atom is 0.249 e. The van der Waals surface area contributed by atoms with Gasteiger partial charge in [-0.3, -0.25) is 9.59 Å². The minimum atomic E-state index is -0.667. The van der Waals surface area contributed by atoms with Crippen molar-refractivity contribution < 1.29 is 9.59 Å². The van der Waals surface area contributed by atoms with Gasteiger partial charge < -0.3 is 10.2 Å². The number of carbonyl (C=O) groups is 2. The zero-order chi connectivity index (χ0) is 11.6. The van der Waals surface area contributed by atoms with Crippen molar-refractivity contribution in [3.05, 3.63) is 0 Å². The van der Waals surface area contributed by atoms with Gasteiger partial charge in [0.1, 0.15) is 5.54 Å². The Morgan fingerprint density at radius 2 is 1.87 bits per heavy atom. The van der Waals surface area contributed by atoms with Crippen LogP contribution in [0.2, 0.25) is 0 Å². The van der Waals surface area contributed by atoms with Gasteiger partial charge in [-0.15, -0.1) is 0 Å². The zero-order valence-electron chi connectivity index (χ0n) is 9.96. The molecule has 0 radical (unpaired) electrons. The lowest BCUT2D eigenvalue weighted by molar-refractivity contribution is -0.152. The molecule has 1 rings (SSSR count). The molecule has 0 aromatic carbocycles. The molecule has 0 aliphatic carbocycles. The summed E-state index contributed by atoms with van der Waals surface area (Å²) in [6, 6.07) is 0.0843. The van der Waals surface area contributed by atoms with Crippen molar-refractivity contribution in [3.8, 4) is 0 Å². The van der Waals surface area contributed by atoms with Crippen molar-refractivity contribution in [2.24, 2.45) is 0 Å². The molecule has 1 saturated heterocycles. The van der Waals surface area contributed by atoms with Gasteiger partial charge in [-0.1, -0.05) is 13.8 Å². The highest BCUT2D eigenvalue weighted by Gasteiger charge is 2.44. The fourth-order valence-corrected chi connectivity index (χ4v) is 2.01. The monoisotopic (exact) mass is 212 g/mol. The molecular weight excluding hydrogens is 192 g/mol. The van der Waals surface area contributed by atoms with E-state index in [-0.39, 0.29) is 24.4 Å². The van der Waals surface area contributed by atoms with Gasteiger partial charge in [0.15, 0.2) is 0 Å². The van der Waals surface area contributed by atoms with Crippen LogP contribution in [0, 0.1) is 0 Å². The Morgan fingerprint density at radius 3 is 2.27 bits per heavy atom. The van der Waals surface area contributed by atoms with Crippen LogP contribution in [0.1, 0.15) is 40.5 Å². The van der Waals surface area contributed by atoms with Crippen LogP contribution in [0.25, 0.3) is 0 Å². The second-order valence-corrected chi connectivity index (χ2v) is 4.36. The van der Waals surface area contributed by atoms with Crippen LogP contribution in [0.5, 0.6) is 0 Å². The maximum atomic E-state index is 12.2. The predicted molar refractivity (Wildman–Crippen MR) is 58.3 cm³/mol. The molecule has 0 atom stereocenters. The summed E-state index contributed by atoms with van der Waals surface area (Å²) >= 11 is 0. The predicted octanol–water partition coefficient (Wildman–Crippen LogP) is 0.912. The molecule has 0 spiro atoms. The van der Waals surface area contributed by atoms with Gasteiger partial charge in [0.05, 0.1) is 6.54 Å². The summed E-state index contributed by atoms with van der Waals surface area (Å²) in [6.45, 7) is 7.94. The Bertz CT molecular complexity index is 270. The Kier molecular flexibility index (Phi) is 3.37. The quantitative estimate of drug-likeness (QED) is 0.756. The van der Waals surface area contributed by atoms with Gasteiger partial charge in [-0.05, 0) is 26.7 Å². The fourth-order valence-electron chi connectivity index (χ4n) is 2.01. The summed E-state index contributed by atoms with van der Waals surface area (Å²) in [5.74, 6) is 0.00843. The van der Waals surface area contributed by atoms with Crippen LogP contribution in [-0.2, 0) is 9.59 Å². The summed E-state index contributed by atoms with van der Waals surface area (Å²) in [5, 5.41) is 2.83. The Hall–Kier alpha value is -1.06. The molecular formula is C11H20N2O2. The molecule has 15 heavy (non-hydrogen) atoms. The average Bonchev–Trinajstić information content (AvgIpc) is 2.20. The molecule has 2 amide bonds. The topological polar surface area (TPSA) is 49.4 Å². The molecule has 0 saturated carbocycles. The molecule has 0 unspecified atom stereocenters. The second-order valence-electron chi connectivity index (χ2n) is 4.36. The zero-order valence-corrected chi connectivity index (χ0v) is 9.96. The summed E-state index contributed by atoms with van der Waals surface area (Å²) in [7, 11) is 0. The Labute approximate surface area is 91.0 Å². The van der Waals surface area contributed by atoms with E-state index in [0.29, 0.717) is 12.8 Å². The van der Waals surface area contributed by atoms with Crippen molar-refractivity contribution in [2.75, 3.05) is 6.54 Å². The third-order valence-corrected chi connectivity index (χ3v) is 3.19. The third-order valence-electron chi connectivity index (χ3n) is 3.19. The van der Waals surface area contributed by atoms with Gasteiger partial charge in [0.25, 0.3) is 0 Å². The van der Waals surface area contributed by atoms with E-state index in [2.05, 4.69) is 5.32 Å². The number of amides is 2. The molecule has 0 aromatic rings. The van der Waals surface area contributed by atoms with E-state index >= 15 is 0 Å². The molecule has 86 valence electrons. The number of rotatable bonds is 3. The number of hydrogen-bond donors (Lipinski definition) is 1. The average molecular weight is 212 g/mol. The molecule has 1 aliphatic rings. The van der Waals surface area contributed by atoms with Crippen molar-refractivity contribution >= 4 is 11.8 Å². The lowest BCUT2D eigenvalue weighted by Crippen LogP contribution is -2.67.